The van der Waals surface area contributed by atoms with Gasteiger partial charge in [0.1, 0.15) is 0 Å². The van der Waals surface area contributed by atoms with Crippen molar-refractivity contribution in [1.82, 2.24) is 9.21 Å². The summed E-state index contributed by atoms with van der Waals surface area (Å²) in [7, 11) is -3.46. The Kier molecular flexibility index (Phi) is 7.61. The van der Waals surface area contributed by atoms with Crippen molar-refractivity contribution >= 4 is 27.7 Å². The van der Waals surface area contributed by atoms with E-state index in [1.165, 1.54) is 4.31 Å². The monoisotopic (exact) mass is 397 g/mol. The molecule has 150 valence electrons. The molecule has 1 saturated heterocycles. The number of piperidine rings is 1. The summed E-state index contributed by atoms with van der Waals surface area (Å²) in [6.07, 6.45) is 1.89. The number of sulfonamides is 1. The molecule has 1 aliphatic rings. The SMILES string of the molecule is CCOC(=O)N1CCC(N(CCC(=O)Nc2ccccc2)S(C)(=O)=O)CC1. The molecule has 0 aromatic heterocycles. The van der Waals surface area contributed by atoms with Crippen LogP contribution in [0.3, 0.4) is 0 Å². The van der Waals surface area contributed by atoms with Crippen molar-refractivity contribution in [3.63, 3.8) is 0 Å². The minimum Gasteiger partial charge on any atom is -0.450 e. The van der Waals surface area contributed by atoms with Crippen LogP contribution in [0.15, 0.2) is 30.3 Å². The molecule has 27 heavy (non-hydrogen) atoms. The maximum absolute atomic E-state index is 12.2. The summed E-state index contributed by atoms with van der Waals surface area (Å²) in [5.74, 6) is -0.237. The highest BCUT2D eigenvalue weighted by Gasteiger charge is 2.32. The zero-order chi connectivity index (χ0) is 19.9. The van der Waals surface area contributed by atoms with E-state index in [1.54, 1.807) is 24.0 Å². The molecule has 1 N–H and O–H groups in total. The normalized spacial score (nSPS) is 15.6. The van der Waals surface area contributed by atoms with Gasteiger partial charge in [-0.15, -0.1) is 0 Å². The van der Waals surface area contributed by atoms with Gasteiger partial charge in [0, 0.05) is 37.8 Å². The third-order valence-electron chi connectivity index (χ3n) is 4.44. The molecular weight excluding hydrogens is 370 g/mol. The molecule has 0 radical (unpaired) electrons. The molecule has 0 atom stereocenters. The van der Waals surface area contributed by atoms with Crippen LogP contribution in [0.1, 0.15) is 26.2 Å². The molecule has 0 saturated carbocycles. The van der Waals surface area contributed by atoms with Gasteiger partial charge < -0.3 is 15.0 Å². The van der Waals surface area contributed by atoms with E-state index in [2.05, 4.69) is 5.32 Å². The van der Waals surface area contributed by atoms with Gasteiger partial charge in [-0.1, -0.05) is 18.2 Å². The molecule has 0 spiro atoms. The molecule has 0 bridgehead atoms. The van der Waals surface area contributed by atoms with E-state index in [0.717, 1.165) is 6.26 Å². The summed E-state index contributed by atoms with van der Waals surface area (Å²) >= 11 is 0. The van der Waals surface area contributed by atoms with Crippen LogP contribution in [0.2, 0.25) is 0 Å². The smallest absolute Gasteiger partial charge is 0.409 e. The summed E-state index contributed by atoms with van der Waals surface area (Å²) < 4.78 is 30.8. The largest absolute Gasteiger partial charge is 0.450 e. The van der Waals surface area contributed by atoms with Gasteiger partial charge in [0.25, 0.3) is 0 Å². The van der Waals surface area contributed by atoms with Gasteiger partial charge >= 0.3 is 6.09 Å². The summed E-state index contributed by atoms with van der Waals surface area (Å²) in [6.45, 7) is 3.04. The maximum Gasteiger partial charge on any atom is 0.409 e. The molecule has 1 heterocycles. The number of ether oxygens (including phenoxy) is 1. The molecule has 2 rings (SSSR count). The highest BCUT2D eigenvalue weighted by atomic mass is 32.2. The number of carbonyl (C=O) groups is 2. The Morgan fingerprint density at radius 2 is 1.85 bits per heavy atom. The number of nitrogens with zero attached hydrogens (tertiary/aromatic N) is 2. The fraction of sp³-hybridized carbons (Fsp3) is 0.556. The number of carbonyl (C=O) groups excluding carboxylic acids is 2. The van der Waals surface area contributed by atoms with Crippen LogP contribution < -0.4 is 5.32 Å². The number of rotatable bonds is 7. The van der Waals surface area contributed by atoms with E-state index < -0.39 is 10.0 Å². The van der Waals surface area contributed by atoms with Crippen LogP contribution in [-0.4, -0.2) is 68.2 Å². The summed E-state index contributed by atoms with van der Waals surface area (Å²) in [5.41, 5.74) is 0.677. The number of hydrogen-bond donors (Lipinski definition) is 1. The van der Waals surface area contributed by atoms with Crippen molar-refractivity contribution in [2.24, 2.45) is 0 Å². The lowest BCUT2D eigenvalue weighted by Gasteiger charge is -2.36. The number of hydrogen-bond acceptors (Lipinski definition) is 5. The van der Waals surface area contributed by atoms with Crippen LogP contribution in [0.4, 0.5) is 10.5 Å². The topological polar surface area (TPSA) is 96.0 Å². The van der Waals surface area contributed by atoms with Gasteiger partial charge in [-0.25, -0.2) is 13.2 Å². The fourth-order valence-electron chi connectivity index (χ4n) is 3.13. The van der Waals surface area contributed by atoms with Gasteiger partial charge in [-0.3, -0.25) is 4.79 Å². The van der Waals surface area contributed by atoms with Crippen molar-refractivity contribution in [3.8, 4) is 0 Å². The quantitative estimate of drug-likeness (QED) is 0.758. The molecule has 1 fully saturated rings. The molecule has 9 heteroatoms. The average molecular weight is 397 g/mol. The van der Waals surface area contributed by atoms with Crippen molar-refractivity contribution in [2.75, 3.05) is 37.8 Å². The first-order valence-electron chi connectivity index (χ1n) is 9.04. The maximum atomic E-state index is 12.2. The number of likely N-dealkylation sites (tertiary alicyclic amines) is 1. The minimum atomic E-state index is -3.46. The Balaban J connectivity index is 1.91. The highest BCUT2D eigenvalue weighted by Crippen LogP contribution is 2.20. The van der Waals surface area contributed by atoms with E-state index in [4.69, 9.17) is 4.74 Å². The molecule has 0 aliphatic carbocycles. The standard InChI is InChI=1S/C18H27N3O5S/c1-3-26-18(23)20-12-9-16(10-13-20)21(27(2,24)25)14-11-17(22)19-15-7-5-4-6-8-15/h4-8,16H,3,9-14H2,1-2H3,(H,19,22). The second kappa shape index (κ2) is 9.70. The predicted octanol–water partition coefficient (Wildman–Crippen LogP) is 1.90. The Morgan fingerprint density at radius 1 is 1.22 bits per heavy atom. The number of anilines is 1. The van der Waals surface area contributed by atoms with E-state index in [1.807, 2.05) is 18.2 Å². The summed E-state index contributed by atoms with van der Waals surface area (Å²) in [5, 5.41) is 2.76. The molecule has 8 nitrogen and oxygen atoms in total. The van der Waals surface area contributed by atoms with Crippen molar-refractivity contribution in [3.05, 3.63) is 30.3 Å². The lowest BCUT2D eigenvalue weighted by atomic mass is 10.1. The van der Waals surface area contributed by atoms with Crippen molar-refractivity contribution in [2.45, 2.75) is 32.2 Å². The Bertz CT molecular complexity index is 731. The Labute approximate surface area is 160 Å². The summed E-state index contributed by atoms with van der Waals surface area (Å²) in [4.78, 5) is 25.5. The average Bonchev–Trinajstić information content (AvgIpc) is 2.62. The Hall–Kier alpha value is -2.13. The van der Waals surface area contributed by atoms with Crippen LogP contribution in [0.25, 0.3) is 0 Å². The van der Waals surface area contributed by atoms with Gasteiger partial charge in [0.15, 0.2) is 0 Å². The third-order valence-corrected chi connectivity index (χ3v) is 5.77. The van der Waals surface area contributed by atoms with E-state index in [0.29, 0.717) is 38.2 Å². The van der Waals surface area contributed by atoms with Gasteiger partial charge in [0.2, 0.25) is 15.9 Å². The third kappa shape index (κ3) is 6.51. The number of nitrogens with one attached hydrogen (secondary N) is 1. The van der Waals surface area contributed by atoms with E-state index >= 15 is 0 Å². The number of para-hydroxylation sites is 1. The van der Waals surface area contributed by atoms with Crippen LogP contribution in [-0.2, 0) is 19.6 Å². The van der Waals surface area contributed by atoms with Gasteiger partial charge in [-0.2, -0.15) is 4.31 Å². The lowest BCUT2D eigenvalue weighted by Crippen LogP contribution is -2.49. The fourth-order valence-corrected chi connectivity index (χ4v) is 4.30. The van der Waals surface area contributed by atoms with Crippen molar-refractivity contribution in [1.29, 1.82) is 0 Å². The first-order chi connectivity index (χ1) is 12.8. The number of benzene rings is 1. The predicted molar refractivity (Wildman–Crippen MR) is 103 cm³/mol. The first kappa shape index (κ1) is 21.2. The molecular formula is C18H27N3O5S. The second-order valence-corrected chi connectivity index (χ2v) is 8.39. The van der Waals surface area contributed by atoms with Gasteiger partial charge in [-0.05, 0) is 31.9 Å². The lowest BCUT2D eigenvalue weighted by molar-refractivity contribution is -0.116. The van der Waals surface area contributed by atoms with Gasteiger partial charge in [0.05, 0.1) is 12.9 Å². The van der Waals surface area contributed by atoms with E-state index in [-0.39, 0.29) is 31.0 Å². The molecule has 1 aliphatic heterocycles. The van der Waals surface area contributed by atoms with Crippen molar-refractivity contribution < 1.29 is 22.7 Å². The molecule has 1 aromatic rings. The first-order valence-corrected chi connectivity index (χ1v) is 10.9. The zero-order valence-corrected chi connectivity index (χ0v) is 16.6. The minimum absolute atomic E-state index is 0.0695. The van der Waals surface area contributed by atoms with E-state index in [9.17, 15) is 18.0 Å². The second-order valence-electron chi connectivity index (χ2n) is 6.46. The zero-order valence-electron chi connectivity index (χ0n) is 15.8. The molecule has 0 unspecified atom stereocenters. The Morgan fingerprint density at radius 3 is 2.41 bits per heavy atom. The molecule has 2 amide bonds. The summed E-state index contributed by atoms with van der Waals surface area (Å²) in [6, 6.07) is 8.80. The van der Waals surface area contributed by atoms with Crippen LogP contribution in [0, 0.1) is 0 Å². The van der Waals surface area contributed by atoms with Crippen LogP contribution in [0.5, 0.6) is 0 Å². The number of amides is 2. The molecule has 1 aromatic carbocycles. The highest BCUT2D eigenvalue weighted by molar-refractivity contribution is 7.88. The van der Waals surface area contributed by atoms with Crippen LogP contribution >= 0.6 is 0 Å².